The number of benzene rings is 1. The molecule has 2 rings (SSSR count). The molecule has 4 nitrogen and oxygen atoms in total. The van der Waals surface area contributed by atoms with Crippen LogP contribution in [0.5, 0.6) is 0 Å². The molecule has 1 aromatic heterocycles. The second-order valence-electron chi connectivity index (χ2n) is 2.47. The Morgan fingerprint density at radius 1 is 1.31 bits per heavy atom. The van der Waals surface area contributed by atoms with Gasteiger partial charge in [0.15, 0.2) is 11.1 Å². The van der Waals surface area contributed by atoms with E-state index in [9.17, 15) is 4.21 Å². The first kappa shape index (κ1) is 8.28. The first-order valence-electron chi connectivity index (χ1n) is 3.60. The molecule has 0 amide bonds. The highest BCUT2D eigenvalue weighted by molar-refractivity contribution is 7.79. The van der Waals surface area contributed by atoms with Gasteiger partial charge >= 0.3 is 0 Å². The van der Waals surface area contributed by atoms with E-state index in [-0.39, 0.29) is 0 Å². The van der Waals surface area contributed by atoms with E-state index in [1.54, 1.807) is 24.4 Å². The Hall–Kier alpha value is -1.33. The fourth-order valence-corrected chi connectivity index (χ4v) is 1.65. The van der Waals surface area contributed by atoms with E-state index in [1.165, 1.54) is 0 Å². The Balaban J connectivity index is 2.83. The third-order valence-electron chi connectivity index (χ3n) is 1.70. The zero-order valence-corrected chi connectivity index (χ0v) is 7.36. The van der Waals surface area contributed by atoms with Crippen molar-refractivity contribution in [3.05, 3.63) is 30.5 Å². The highest BCUT2D eigenvalue weighted by Gasteiger charge is 2.06. The zero-order chi connectivity index (χ0) is 9.26. The summed E-state index contributed by atoms with van der Waals surface area (Å²) in [5, 5.41) is 8.27. The lowest BCUT2D eigenvalue weighted by molar-refractivity contribution is 0.565. The average molecular weight is 194 g/mol. The molecule has 1 aromatic carbocycles. The Morgan fingerprint density at radius 2 is 2.15 bits per heavy atom. The van der Waals surface area contributed by atoms with Crippen LogP contribution in [0.2, 0.25) is 0 Å². The molecule has 0 aliphatic rings. The second kappa shape index (κ2) is 3.20. The number of hydrogen-bond donors (Lipinski definition) is 1. The Kier molecular flexibility index (Phi) is 2.03. The minimum atomic E-state index is -2.01. The predicted molar refractivity (Wildman–Crippen MR) is 48.6 cm³/mol. The molecule has 0 fully saturated rings. The summed E-state index contributed by atoms with van der Waals surface area (Å²) in [6.45, 7) is 0. The summed E-state index contributed by atoms with van der Waals surface area (Å²) in [7, 11) is 0. The third kappa shape index (κ3) is 1.43. The molecule has 2 aromatic rings. The average Bonchev–Trinajstić information content (AvgIpc) is 2.17. The third-order valence-corrected chi connectivity index (χ3v) is 2.40. The van der Waals surface area contributed by atoms with Gasteiger partial charge in [0.25, 0.3) is 0 Å². The first-order chi connectivity index (χ1) is 6.29. The topological polar surface area (TPSA) is 63.1 Å². The van der Waals surface area contributed by atoms with E-state index in [0.29, 0.717) is 10.4 Å². The maximum atomic E-state index is 10.9. The van der Waals surface area contributed by atoms with E-state index < -0.39 is 11.1 Å². The van der Waals surface area contributed by atoms with Gasteiger partial charge in [-0.2, -0.15) is 5.10 Å². The lowest BCUT2D eigenvalue weighted by Gasteiger charge is -1.98. The van der Waals surface area contributed by atoms with E-state index in [0.717, 1.165) is 5.39 Å². The molecular formula is C8H6N2O2S. The van der Waals surface area contributed by atoms with Crippen LogP contribution in [0, 0.1) is 0 Å². The normalized spacial score (nSPS) is 13.0. The molecule has 66 valence electrons. The fourth-order valence-electron chi connectivity index (χ4n) is 1.13. The Labute approximate surface area is 76.9 Å². The van der Waals surface area contributed by atoms with Crippen molar-refractivity contribution in [3.8, 4) is 0 Å². The fraction of sp³-hybridized carbons (Fsp3) is 0. The van der Waals surface area contributed by atoms with Gasteiger partial charge in [-0.15, -0.1) is 5.10 Å². The molecule has 1 N–H and O–H groups in total. The molecule has 5 heteroatoms. The molecule has 0 aliphatic carbocycles. The molecule has 0 spiro atoms. The van der Waals surface area contributed by atoms with Gasteiger partial charge in [0.1, 0.15) is 5.52 Å². The molecule has 0 saturated heterocycles. The molecule has 1 heterocycles. The number of rotatable bonds is 1. The molecule has 1 unspecified atom stereocenters. The van der Waals surface area contributed by atoms with Crippen molar-refractivity contribution in [1.29, 1.82) is 0 Å². The predicted octanol–water partition coefficient (Wildman–Crippen LogP) is 1.21. The largest absolute Gasteiger partial charge is 0.302 e. The SMILES string of the molecule is O=S(O)c1cccc2ccnnc12. The Bertz CT molecular complexity index is 467. The number of hydrogen-bond acceptors (Lipinski definition) is 3. The van der Waals surface area contributed by atoms with E-state index in [4.69, 9.17) is 4.55 Å². The zero-order valence-electron chi connectivity index (χ0n) is 6.54. The molecule has 0 bridgehead atoms. The maximum absolute atomic E-state index is 10.9. The van der Waals surface area contributed by atoms with Gasteiger partial charge in [0.2, 0.25) is 0 Å². The summed E-state index contributed by atoms with van der Waals surface area (Å²) in [6.07, 6.45) is 1.55. The van der Waals surface area contributed by atoms with Crippen molar-refractivity contribution in [2.45, 2.75) is 4.90 Å². The van der Waals surface area contributed by atoms with Gasteiger partial charge in [-0.25, -0.2) is 4.21 Å². The van der Waals surface area contributed by atoms with Crippen molar-refractivity contribution >= 4 is 22.0 Å². The number of nitrogens with zero attached hydrogens (tertiary/aromatic N) is 2. The highest BCUT2D eigenvalue weighted by Crippen LogP contribution is 2.17. The first-order valence-corrected chi connectivity index (χ1v) is 4.71. The highest BCUT2D eigenvalue weighted by atomic mass is 32.2. The van der Waals surface area contributed by atoms with Gasteiger partial charge in [-0.05, 0) is 12.1 Å². The quantitative estimate of drug-likeness (QED) is 0.693. The molecule has 13 heavy (non-hydrogen) atoms. The molecule has 0 saturated carbocycles. The van der Waals surface area contributed by atoms with Crippen LogP contribution in [0.3, 0.4) is 0 Å². The van der Waals surface area contributed by atoms with Crippen molar-refractivity contribution in [2.24, 2.45) is 0 Å². The number of fused-ring (bicyclic) bond motifs is 1. The van der Waals surface area contributed by atoms with Crippen molar-refractivity contribution in [3.63, 3.8) is 0 Å². The van der Waals surface area contributed by atoms with Crippen LogP contribution >= 0.6 is 0 Å². The van der Waals surface area contributed by atoms with Gasteiger partial charge in [-0.3, -0.25) is 0 Å². The summed E-state index contributed by atoms with van der Waals surface area (Å²) in [5.41, 5.74) is 0.478. The van der Waals surface area contributed by atoms with Crippen LogP contribution in [-0.4, -0.2) is 19.0 Å². The van der Waals surface area contributed by atoms with Crippen molar-refractivity contribution in [2.75, 3.05) is 0 Å². The summed E-state index contributed by atoms with van der Waals surface area (Å²) >= 11 is -2.01. The minimum Gasteiger partial charge on any atom is -0.302 e. The minimum absolute atomic E-state index is 0.297. The molecular weight excluding hydrogens is 188 g/mol. The second-order valence-corrected chi connectivity index (χ2v) is 3.41. The number of aromatic nitrogens is 2. The lowest BCUT2D eigenvalue weighted by atomic mass is 10.2. The van der Waals surface area contributed by atoms with Gasteiger partial charge in [0.05, 0.1) is 11.1 Å². The van der Waals surface area contributed by atoms with Crippen molar-refractivity contribution < 1.29 is 8.76 Å². The van der Waals surface area contributed by atoms with Crippen LogP contribution in [0.25, 0.3) is 10.9 Å². The summed E-state index contributed by atoms with van der Waals surface area (Å²) in [4.78, 5) is 0.297. The van der Waals surface area contributed by atoms with Crippen LogP contribution in [-0.2, 0) is 11.1 Å². The smallest absolute Gasteiger partial charge is 0.188 e. The van der Waals surface area contributed by atoms with Crippen LogP contribution in [0.4, 0.5) is 0 Å². The Morgan fingerprint density at radius 3 is 2.92 bits per heavy atom. The monoisotopic (exact) mass is 194 g/mol. The van der Waals surface area contributed by atoms with Crippen LogP contribution in [0.15, 0.2) is 35.4 Å². The standard InChI is InChI=1S/C8H6N2O2S/c11-13(12)7-3-1-2-6-4-5-9-10-8(6)7/h1-5H,(H,11,12). The molecule has 0 radical (unpaired) electrons. The van der Waals surface area contributed by atoms with E-state index in [2.05, 4.69) is 10.2 Å². The van der Waals surface area contributed by atoms with Gasteiger partial charge < -0.3 is 4.55 Å². The summed E-state index contributed by atoms with van der Waals surface area (Å²) in [5.74, 6) is 0. The van der Waals surface area contributed by atoms with E-state index >= 15 is 0 Å². The van der Waals surface area contributed by atoms with E-state index in [1.807, 2.05) is 6.07 Å². The molecule has 0 aliphatic heterocycles. The summed E-state index contributed by atoms with van der Waals surface area (Å²) < 4.78 is 19.8. The van der Waals surface area contributed by atoms with Gasteiger partial charge in [0, 0.05) is 5.39 Å². The van der Waals surface area contributed by atoms with Crippen molar-refractivity contribution in [1.82, 2.24) is 10.2 Å². The maximum Gasteiger partial charge on any atom is 0.188 e. The van der Waals surface area contributed by atoms with Crippen LogP contribution < -0.4 is 0 Å². The lowest BCUT2D eigenvalue weighted by Crippen LogP contribution is -1.92. The molecule has 1 atom stereocenters. The van der Waals surface area contributed by atoms with Gasteiger partial charge in [-0.1, -0.05) is 12.1 Å². The summed E-state index contributed by atoms with van der Waals surface area (Å²) in [6, 6.07) is 6.85. The van der Waals surface area contributed by atoms with Crippen LogP contribution in [0.1, 0.15) is 0 Å².